The van der Waals surface area contributed by atoms with Crippen LogP contribution in [-0.4, -0.2) is 26.2 Å². The molecule has 0 unspecified atom stereocenters. The summed E-state index contributed by atoms with van der Waals surface area (Å²) in [4.78, 5) is 2.49. The predicted octanol–water partition coefficient (Wildman–Crippen LogP) is 6.96. The topological polar surface area (TPSA) is 24.5 Å². The van der Waals surface area contributed by atoms with Crippen molar-refractivity contribution in [2.24, 2.45) is 0 Å². The number of aryl methyl sites for hydroxylation is 1. The Balaban J connectivity index is 0.00000280. The molecule has 0 spiro atoms. The molecule has 4 aromatic carbocycles. The monoisotopic (exact) mass is 510 g/mol. The zero-order chi connectivity index (χ0) is 24.2. The molecular weight excluding hydrogens is 476 g/mol. The van der Waals surface area contributed by atoms with E-state index in [0.29, 0.717) is 18.4 Å². The summed E-state index contributed by atoms with van der Waals surface area (Å²) in [5, 5.41) is 3.45. The maximum absolute atomic E-state index is 6.18. The Bertz CT molecular complexity index is 1270. The third kappa shape index (κ3) is 5.69. The number of piperazine rings is 1. The summed E-state index contributed by atoms with van der Waals surface area (Å²) in [6.07, 6.45) is 2.22. The van der Waals surface area contributed by atoms with Crippen LogP contribution < -0.4 is 15.0 Å². The number of anilines is 1. The van der Waals surface area contributed by atoms with E-state index in [4.69, 9.17) is 4.74 Å². The van der Waals surface area contributed by atoms with Crippen LogP contribution in [0.3, 0.4) is 0 Å². The zero-order valence-corrected chi connectivity index (χ0v) is 22.0. The minimum absolute atomic E-state index is 0. The number of ether oxygens (including phenoxy) is 1. The van der Waals surface area contributed by atoms with Crippen molar-refractivity contribution >= 4 is 18.1 Å². The highest BCUT2D eigenvalue weighted by Crippen LogP contribution is 2.47. The molecule has 4 aromatic rings. The van der Waals surface area contributed by atoms with E-state index in [1.54, 1.807) is 0 Å². The van der Waals surface area contributed by atoms with Gasteiger partial charge in [0.25, 0.3) is 0 Å². The average molecular weight is 511 g/mol. The van der Waals surface area contributed by atoms with Gasteiger partial charge in [0.15, 0.2) is 0 Å². The summed E-state index contributed by atoms with van der Waals surface area (Å²) in [5.74, 6) is 1.78. The van der Waals surface area contributed by atoms with Crippen molar-refractivity contribution < 1.29 is 4.74 Å². The molecular formula is C33H35ClN2O. The highest BCUT2D eigenvalue weighted by molar-refractivity contribution is 5.85. The lowest BCUT2D eigenvalue weighted by Crippen LogP contribution is -2.43. The molecule has 3 nitrogen and oxygen atoms in total. The molecule has 0 radical (unpaired) electrons. The lowest BCUT2D eigenvalue weighted by Gasteiger charge is -2.35. The molecule has 1 aliphatic heterocycles. The molecule has 37 heavy (non-hydrogen) atoms. The smallest absolute Gasteiger partial charge is 0.120 e. The Morgan fingerprint density at radius 3 is 2.19 bits per heavy atom. The number of nitrogens with one attached hydrogen (secondary N) is 1. The highest BCUT2D eigenvalue weighted by atomic mass is 35.5. The summed E-state index contributed by atoms with van der Waals surface area (Å²) >= 11 is 0. The quantitative estimate of drug-likeness (QED) is 0.303. The van der Waals surface area contributed by atoms with Gasteiger partial charge in [-0.25, -0.2) is 0 Å². The summed E-state index contributed by atoms with van der Waals surface area (Å²) in [6, 6.07) is 37.6. The van der Waals surface area contributed by atoms with Gasteiger partial charge in [-0.15, -0.1) is 12.4 Å². The van der Waals surface area contributed by atoms with E-state index in [9.17, 15) is 0 Å². The molecule has 1 fully saturated rings. The number of benzene rings is 4. The summed E-state index contributed by atoms with van der Waals surface area (Å²) in [7, 11) is 0. The molecule has 2 atom stereocenters. The lowest BCUT2D eigenvalue weighted by atomic mass is 9.69. The third-order valence-corrected chi connectivity index (χ3v) is 7.79. The Labute approximate surface area is 226 Å². The van der Waals surface area contributed by atoms with Gasteiger partial charge in [-0.1, -0.05) is 78.9 Å². The predicted molar refractivity (Wildman–Crippen MR) is 155 cm³/mol. The van der Waals surface area contributed by atoms with E-state index in [1.807, 2.05) is 6.07 Å². The molecule has 0 amide bonds. The third-order valence-electron chi connectivity index (χ3n) is 7.79. The molecule has 2 aliphatic rings. The van der Waals surface area contributed by atoms with Gasteiger partial charge < -0.3 is 15.0 Å². The van der Waals surface area contributed by atoms with Crippen molar-refractivity contribution in [1.29, 1.82) is 0 Å². The Morgan fingerprint density at radius 2 is 1.46 bits per heavy atom. The molecule has 1 aliphatic carbocycles. The Morgan fingerprint density at radius 1 is 0.757 bits per heavy atom. The van der Waals surface area contributed by atoms with Gasteiger partial charge in [0.2, 0.25) is 0 Å². The van der Waals surface area contributed by atoms with E-state index >= 15 is 0 Å². The SMILES string of the molecule is Cl.c1ccc(COc2ccc3c(c2)CC[C@H](c2ccccc2)[C@@H]3c2ccc(N3CCNCC3)cc2)cc1. The molecule has 1 N–H and O–H groups in total. The van der Waals surface area contributed by atoms with Crippen LogP contribution >= 0.6 is 12.4 Å². The molecule has 4 heteroatoms. The Kier molecular flexibility index (Phi) is 8.13. The van der Waals surface area contributed by atoms with Crippen molar-refractivity contribution in [3.05, 3.63) is 131 Å². The van der Waals surface area contributed by atoms with Crippen LogP contribution in [0.4, 0.5) is 5.69 Å². The fourth-order valence-corrected chi connectivity index (χ4v) is 5.91. The maximum atomic E-state index is 6.18. The number of nitrogens with zero attached hydrogens (tertiary/aromatic N) is 1. The van der Waals surface area contributed by atoms with E-state index < -0.39 is 0 Å². The van der Waals surface area contributed by atoms with Gasteiger partial charge in [-0.3, -0.25) is 0 Å². The van der Waals surface area contributed by atoms with Crippen molar-refractivity contribution in [2.45, 2.75) is 31.3 Å². The second-order valence-electron chi connectivity index (χ2n) is 10.00. The molecule has 0 aromatic heterocycles. The molecule has 190 valence electrons. The van der Waals surface area contributed by atoms with Crippen LogP contribution in [0.25, 0.3) is 0 Å². The van der Waals surface area contributed by atoms with Crippen LogP contribution in [0, 0.1) is 0 Å². The van der Waals surface area contributed by atoms with Gasteiger partial charge in [-0.2, -0.15) is 0 Å². The van der Waals surface area contributed by atoms with Crippen molar-refractivity contribution in [3.8, 4) is 5.75 Å². The summed E-state index contributed by atoms with van der Waals surface area (Å²) < 4.78 is 6.18. The van der Waals surface area contributed by atoms with Crippen LogP contribution in [0.1, 0.15) is 46.1 Å². The second kappa shape index (κ2) is 11.9. The van der Waals surface area contributed by atoms with E-state index in [1.165, 1.54) is 33.5 Å². The van der Waals surface area contributed by atoms with E-state index in [0.717, 1.165) is 44.8 Å². The van der Waals surface area contributed by atoms with Gasteiger partial charge in [0.1, 0.15) is 12.4 Å². The largest absolute Gasteiger partial charge is 0.489 e. The molecule has 0 bridgehead atoms. The number of rotatable bonds is 6. The van der Waals surface area contributed by atoms with Gasteiger partial charge in [0.05, 0.1) is 0 Å². The Hall–Kier alpha value is -3.27. The van der Waals surface area contributed by atoms with Crippen LogP contribution in [0.15, 0.2) is 103 Å². The average Bonchev–Trinajstić information content (AvgIpc) is 2.97. The summed E-state index contributed by atoms with van der Waals surface area (Å²) in [6.45, 7) is 4.86. The first-order valence-electron chi connectivity index (χ1n) is 13.3. The number of fused-ring (bicyclic) bond motifs is 1. The van der Waals surface area contributed by atoms with Crippen LogP contribution in [0.5, 0.6) is 5.75 Å². The number of hydrogen-bond donors (Lipinski definition) is 1. The number of halogens is 1. The van der Waals surface area contributed by atoms with Crippen LogP contribution in [-0.2, 0) is 13.0 Å². The molecule has 6 rings (SSSR count). The number of hydrogen-bond acceptors (Lipinski definition) is 3. The van der Waals surface area contributed by atoms with Gasteiger partial charge in [-0.05, 0) is 70.8 Å². The highest BCUT2D eigenvalue weighted by Gasteiger charge is 2.32. The molecule has 1 heterocycles. The fraction of sp³-hybridized carbons (Fsp3) is 0.273. The normalized spacial score (nSPS) is 19.0. The molecule has 0 saturated carbocycles. The standard InChI is InChI=1S/C33H34N2O.ClH/c1-3-7-25(8-4-1)24-36-30-16-18-32-28(23-30)13-17-31(26-9-5-2-6-10-26)33(32)27-11-14-29(15-12-27)35-21-19-34-20-22-35;/h1-12,14-16,18,23,31,33-34H,13,17,19-22,24H2;1H/t31-,33+;/m1./s1. The van der Waals surface area contributed by atoms with Crippen LogP contribution in [0.2, 0.25) is 0 Å². The first-order chi connectivity index (χ1) is 17.8. The second-order valence-corrected chi connectivity index (χ2v) is 10.00. The van der Waals surface area contributed by atoms with E-state index in [2.05, 4.69) is 107 Å². The fourth-order valence-electron chi connectivity index (χ4n) is 5.91. The zero-order valence-electron chi connectivity index (χ0n) is 21.2. The maximum Gasteiger partial charge on any atom is 0.120 e. The summed E-state index contributed by atoms with van der Waals surface area (Å²) in [5.41, 5.74) is 8.23. The van der Waals surface area contributed by atoms with E-state index in [-0.39, 0.29) is 12.4 Å². The first-order valence-corrected chi connectivity index (χ1v) is 13.3. The van der Waals surface area contributed by atoms with Crippen molar-refractivity contribution in [2.75, 3.05) is 31.1 Å². The lowest BCUT2D eigenvalue weighted by molar-refractivity contribution is 0.305. The molecule has 1 saturated heterocycles. The van der Waals surface area contributed by atoms with Crippen molar-refractivity contribution in [1.82, 2.24) is 5.32 Å². The first kappa shape index (κ1) is 25.4. The van der Waals surface area contributed by atoms with Crippen molar-refractivity contribution in [3.63, 3.8) is 0 Å². The minimum Gasteiger partial charge on any atom is -0.489 e. The minimum atomic E-state index is 0. The van der Waals surface area contributed by atoms with Gasteiger partial charge >= 0.3 is 0 Å². The van der Waals surface area contributed by atoms with Gasteiger partial charge in [0, 0.05) is 37.8 Å².